The second kappa shape index (κ2) is 12.3. The molecule has 0 saturated carbocycles. The molecule has 0 aliphatic carbocycles. The minimum absolute atomic E-state index is 1.11. The summed E-state index contributed by atoms with van der Waals surface area (Å²) in [5, 5.41) is 7.63. The van der Waals surface area contributed by atoms with Crippen molar-refractivity contribution in [3.05, 3.63) is 200 Å². The minimum atomic E-state index is 1.11. The Hall–Kier alpha value is -6.44. The average molecular weight is 624 g/mol. The Morgan fingerprint density at radius 2 is 0.796 bits per heavy atom. The Balaban J connectivity index is 1.12. The fourth-order valence-electron chi connectivity index (χ4n) is 7.28. The standard InChI is InChI=1S/C48H33N/c1-2-19-40(20-3-1)49(41-29-27-35(28-30-41)48-33-39-14-5-7-23-45(39)46-24-8-9-25-47(46)48)42-21-11-17-37(32-42)36-16-10-18-38(31-36)44-26-12-15-34-13-4-6-22-43(34)44/h1-33H. The molecule has 0 aliphatic rings. The molecule has 230 valence electrons. The number of hydrogen-bond donors (Lipinski definition) is 0. The summed E-state index contributed by atoms with van der Waals surface area (Å²) >= 11 is 0. The van der Waals surface area contributed by atoms with E-state index in [0.29, 0.717) is 0 Å². The summed E-state index contributed by atoms with van der Waals surface area (Å²) in [6.07, 6.45) is 0. The smallest absolute Gasteiger partial charge is 0.0467 e. The van der Waals surface area contributed by atoms with Gasteiger partial charge in [-0.15, -0.1) is 0 Å². The van der Waals surface area contributed by atoms with Gasteiger partial charge >= 0.3 is 0 Å². The Labute approximate surface area is 287 Å². The highest BCUT2D eigenvalue weighted by molar-refractivity contribution is 6.13. The van der Waals surface area contributed by atoms with Crippen LogP contribution in [0.25, 0.3) is 65.7 Å². The van der Waals surface area contributed by atoms with Crippen LogP contribution in [0.2, 0.25) is 0 Å². The van der Waals surface area contributed by atoms with E-state index in [4.69, 9.17) is 0 Å². The van der Waals surface area contributed by atoms with Crippen molar-refractivity contribution in [2.75, 3.05) is 4.90 Å². The Morgan fingerprint density at radius 1 is 0.245 bits per heavy atom. The SMILES string of the molecule is c1ccc(N(c2ccc(-c3cc4ccccc4c4ccccc34)cc2)c2cccc(-c3cccc(-c4cccc5ccccc45)c3)c2)cc1. The van der Waals surface area contributed by atoms with Gasteiger partial charge in [-0.1, -0.05) is 152 Å². The second-order valence-corrected chi connectivity index (χ2v) is 12.6. The summed E-state index contributed by atoms with van der Waals surface area (Å²) in [4.78, 5) is 2.35. The first-order valence-electron chi connectivity index (χ1n) is 16.8. The molecule has 0 aromatic heterocycles. The zero-order chi connectivity index (χ0) is 32.6. The Bertz CT molecular complexity index is 2590. The van der Waals surface area contributed by atoms with E-state index in [9.17, 15) is 0 Å². The summed E-state index contributed by atoms with van der Waals surface area (Å²) in [7, 11) is 0. The lowest BCUT2D eigenvalue weighted by Crippen LogP contribution is -2.09. The van der Waals surface area contributed by atoms with Crippen molar-refractivity contribution in [1.29, 1.82) is 0 Å². The van der Waals surface area contributed by atoms with Crippen LogP contribution >= 0.6 is 0 Å². The molecule has 0 radical (unpaired) electrons. The molecule has 0 heterocycles. The van der Waals surface area contributed by atoms with E-state index < -0.39 is 0 Å². The first kappa shape index (κ1) is 28.8. The van der Waals surface area contributed by atoms with Gasteiger partial charge in [0.05, 0.1) is 0 Å². The van der Waals surface area contributed by atoms with Crippen LogP contribution < -0.4 is 4.90 Å². The van der Waals surface area contributed by atoms with Crippen LogP contribution in [-0.2, 0) is 0 Å². The molecule has 1 heteroatoms. The number of fused-ring (bicyclic) bond motifs is 4. The van der Waals surface area contributed by atoms with Crippen molar-refractivity contribution >= 4 is 49.4 Å². The van der Waals surface area contributed by atoms with Gasteiger partial charge < -0.3 is 4.90 Å². The van der Waals surface area contributed by atoms with Gasteiger partial charge in [-0.25, -0.2) is 0 Å². The second-order valence-electron chi connectivity index (χ2n) is 12.6. The van der Waals surface area contributed by atoms with Crippen LogP contribution in [0.4, 0.5) is 17.1 Å². The van der Waals surface area contributed by atoms with Crippen LogP contribution in [-0.4, -0.2) is 0 Å². The summed E-state index contributed by atoms with van der Waals surface area (Å²) in [6, 6.07) is 72.4. The van der Waals surface area contributed by atoms with E-state index in [1.54, 1.807) is 0 Å². The van der Waals surface area contributed by atoms with Crippen molar-refractivity contribution in [3.8, 4) is 33.4 Å². The molecule has 9 aromatic carbocycles. The van der Waals surface area contributed by atoms with Gasteiger partial charge in [-0.05, 0) is 114 Å². The maximum Gasteiger partial charge on any atom is 0.0467 e. The molecule has 9 aromatic rings. The van der Waals surface area contributed by atoms with Crippen LogP contribution in [0.15, 0.2) is 200 Å². The van der Waals surface area contributed by atoms with Crippen LogP contribution in [0, 0.1) is 0 Å². The molecule has 49 heavy (non-hydrogen) atoms. The van der Waals surface area contributed by atoms with Gasteiger partial charge in [0, 0.05) is 17.1 Å². The minimum Gasteiger partial charge on any atom is -0.310 e. The van der Waals surface area contributed by atoms with Crippen LogP contribution in [0.3, 0.4) is 0 Å². The molecule has 0 unspecified atom stereocenters. The third kappa shape index (κ3) is 5.32. The Morgan fingerprint density at radius 3 is 1.61 bits per heavy atom. The number of rotatable bonds is 6. The highest BCUT2D eigenvalue weighted by Gasteiger charge is 2.15. The normalized spacial score (nSPS) is 11.3. The molecule has 0 aliphatic heterocycles. The van der Waals surface area contributed by atoms with E-state index >= 15 is 0 Å². The molecular weight excluding hydrogens is 591 g/mol. The van der Waals surface area contributed by atoms with Crippen molar-refractivity contribution in [3.63, 3.8) is 0 Å². The molecule has 0 spiro atoms. The first-order valence-corrected chi connectivity index (χ1v) is 16.8. The lowest BCUT2D eigenvalue weighted by Gasteiger charge is -2.26. The van der Waals surface area contributed by atoms with Crippen molar-refractivity contribution in [2.24, 2.45) is 0 Å². The van der Waals surface area contributed by atoms with Gasteiger partial charge in [0.1, 0.15) is 0 Å². The average Bonchev–Trinajstić information content (AvgIpc) is 3.18. The maximum absolute atomic E-state index is 2.35. The molecule has 0 bridgehead atoms. The molecule has 0 N–H and O–H groups in total. The molecule has 0 saturated heterocycles. The van der Waals surface area contributed by atoms with E-state index in [2.05, 4.69) is 205 Å². The largest absolute Gasteiger partial charge is 0.310 e. The topological polar surface area (TPSA) is 3.24 Å². The first-order chi connectivity index (χ1) is 24.3. The van der Waals surface area contributed by atoms with E-state index in [1.165, 1.54) is 65.7 Å². The molecule has 0 atom stereocenters. The molecule has 0 amide bonds. The maximum atomic E-state index is 2.35. The van der Waals surface area contributed by atoms with E-state index in [1.807, 2.05) is 0 Å². The predicted molar refractivity (Wildman–Crippen MR) is 210 cm³/mol. The zero-order valence-corrected chi connectivity index (χ0v) is 27.0. The monoisotopic (exact) mass is 623 g/mol. The highest BCUT2D eigenvalue weighted by Crippen LogP contribution is 2.40. The zero-order valence-electron chi connectivity index (χ0n) is 27.0. The van der Waals surface area contributed by atoms with Crippen molar-refractivity contribution in [1.82, 2.24) is 0 Å². The van der Waals surface area contributed by atoms with Crippen LogP contribution in [0.5, 0.6) is 0 Å². The summed E-state index contributed by atoms with van der Waals surface area (Å²) < 4.78 is 0. The molecule has 1 nitrogen and oxygen atoms in total. The third-order valence-electron chi connectivity index (χ3n) is 9.62. The number of para-hydroxylation sites is 1. The van der Waals surface area contributed by atoms with Gasteiger partial charge in [-0.2, -0.15) is 0 Å². The fraction of sp³-hybridized carbons (Fsp3) is 0. The number of nitrogens with zero attached hydrogens (tertiary/aromatic N) is 1. The van der Waals surface area contributed by atoms with Gasteiger partial charge in [0.15, 0.2) is 0 Å². The van der Waals surface area contributed by atoms with Gasteiger partial charge in [0.2, 0.25) is 0 Å². The number of hydrogen-bond acceptors (Lipinski definition) is 1. The predicted octanol–water partition coefficient (Wildman–Crippen LogP) is 13.6. The summed E-state index contributed by atoms with van der Waals surface area (Å²) in [5.74, 6) is 0. The summed E-state index contributed by atoms with van der Waals surface area (Å²) in [5.41, 5.74) is 10.6. The quantitative estimate of drug-likeness (QED) is 0.167. The lowest BCUT2D eigenvalue weighted by molar-refractivity contribution is 1.28. The summed E-state index contributed by atoms with van der Waals surface area (Å²) in [6.45, 7) is 0. The third-order valence-corrected chi connectivity index (χ3v) is 9.62. The molecular formula is C48H33N. The Kier molecular flexibility index (Phi) is 7.22. The number of benzene rings is 9. The van der Waals surface area contributed by atoms with E-state index in [-0.39, 0.29) is 0 Å². The lowest BCUT2D eigenvalue weighted by atomic mass is 9.93. The molecule has 0 fully saturated rings. The number of anilines is 3. The fourth-order valence-corrected chi connectivity index (χ4v) is 7.28. The highest BCUT2D eigenvalue weighted by atomic mass is 15.1. The van der Waals surface area contributed by atoms with Gasteiger partial charge in [0.25, 0.3) is 0 Å². The van der Waals surface area contributed by atoms with Crippen molar-refractivity contribution in [2.45, 2.75) is 0 Å². The van der Waals surface area contributed by atoms with Gasteiger partial charge in [-0.3, -0.25) is 0 Å². The molecule has 9 rings (SSSR count). The van der Waals surface area contributed by atoms with Crippen molar-refractivity contribution < 1.29 is 0 Å². The van der Waals surface area contributed by atoms with E-state index in [0.717, 1.165) is 17.1 Å². The van der Waals surface area contributed by atoms with Crippen LogP contribution in [0.1, 0.15) is 0 Å².